The number of aliphatic hydroxyl groups is 2. The van der Waals surface area contributed by atoms with E-state index in [9.17, 15) is 10.2 Å². The number of hydrogen-bond donors (Lipinski definition) is 2. The van der Waals surface area contributed by atoms with Crippen LogP contribution >= 0.6 is 0 Å². The first-order chi connectivity index (χ1) is 13.6. The summed E-state index contributed by atoms with van der Waals surface area (Å²) < 4.78 is 0. The number of aliphatic hydroxyl groups excluding tert-OH is 1. The number of rotatable bonds is 5. The average molecular weight is 403 g/mol. The molecule has 166 valence electrons. The molecule has 29 heavy (non-hydrogen) atoms. The van der Waals surface area contributed by atoms with Gasteiger partial charge in [-0.05, 0) is 105 Å². The van der Waals surface area contributed by atoms with Gasteiger partial charge in [0.2, 0.25) is 0 Å². The first-order valence-corrected chi connectivity index (χ1v) is 12.7. The third-order valence-electron chi connectivity index (χ3n) is 10.3. The van der Waals surface area contributed by atoms with E-state index in [4.69, 9.17) is 0 Å². The zero-order chi connectivity index (χ0) is 21.0. The lowest BCUT2D eigenvalue weighted by Crippen LogP contribution is -2.53. The molecule has 3 saturated carbocycles. The Balaban J connectivity index is 1.53. The molecule has 0 aromatic carbocycles. The lowest BCUT2D eigenvalue weighted by Gasteiger charge is -2.59. The van der Waals surface area contributed by atoms with Crippen LogP contribution in [-0.4, -0.2) is 21.9 Å². The molecule has 4 aliphatic carbocycles. The van der Waals surface area contributed by atoms with Crippen LogP contribution in [0.4, 0.5) is 0 Å². The van der Waals surface area contributed by atoms with E-state index in [1.54, 1.807) is 5.57 Å². The van der Waals surface area contributed by atoms with Gasteiger partial charge in [0, 0.05) is 0 Å². The number of hydrogen-bond acceptors (Lipinski definition) is 2. The summed E-state index contributed by atoms with van der Waals surface area (Å²) in [5, 5.41) is 21.8. The van der Waals surface area contributed by atoms with Crippen molar-refractivity contribution in [2.75, 3.05) is 0 Å². The standard InChI is InChI=1S/C27H46O2/c1-18(2)7-6-14-27(5,29)24-11-10-22-21-9-8-19-17-20(28)12-15-25(19,3)23(21)13-16-26(22,24)4/h8,18,20-24,28-29H,6-7,9-17H2,1-5H3/t20-,21?,22?,23?,24?,25+,26+,27?/m1/s1. The first kappa shape index (κ1) is 21.9. The monoisotopic (exact) mass is 402 g/mol. The van der Waals surface area contributed by atoms with Crippen LogP contribution < -0.4 is 0 Å². The predicted octanol–water partition coefficient (Wildman–Crippen LogP) is 6.50. The molecule has 0 bridgehead atoms. The summed E-state index contributed by atoms with van der Waals surface area (Å²) in [6, 6.07) is 0. The van der Waals surface area contributed by atoms with E-state index in [1.807, 2.05) is 0 Å². The highest BCUT2D eigenvalue weighted by Crippen LogP contribution is 2.67. The minimum atomic E-state index is -0.514. The van der Waals surface area contributed by atoms with Crippen molar-refractivity contribution < 1.29 is 10.2 Å². The van der Waals surface area contributed by atoms with Crippen molar-refractivity contribution in [3.8, 4) is 0 Å². The van der Waals surface area contributed by atoms with E-state index in [0.29, 0.717) is 16.7 Å². The quantitative estimate of drug-likeness (QED) is 0.515. The molecule has 0 heterocycles. The number of allylic oxidation sites excluding steroid dienone is 1. The maximum Gasteiger partial charge on any atom is 0.0653 e. The summed E-state index contributed by atoms with van der Waals surface area (Å²) in [5.74, 6) is 3.53. The molecule has 2 N–H and O–H groups in total. The Hall–Kier alpha value is -0.340. The Morgan fingerprint density at radius 1 is 1.10 bits per heavy atom. The van der Waals surface area contributed by atoms with E-state index in [0.717, 1.165) is 49.4 Å². The van der Waals surface area contributed by atoms with Crippen molar-refractivity contribution in [2.45, 2.75) is 117 Å². The van der Waals surface area contributed by atoms with E-state index in [-0.39, 0.29) is 6.10 Å². The lowest BCUT2D eigenvalue weighted by atomic mass is 9.46. The van der Waals surface area contributed by atoms with Crippen molar-refractivity contribution in [1.29, 1.82) is 0 Å². The van der Waals surface area contributed by atoms with Crippen LogP contribution in [0.5, 0.6) is 0 Å². The predicted molar refractivity (Wildman–Crippen MR) is 121 cm³/mol. The van der Waals surface area contributed by atoms with Crippen molar-refractivity contribution in [3.63, 3.8) is 0 Å². The van der Waals surface area contributed by atoms with Crippen LogP contribution in [0, 0.1) is 40.4 Å². The Kier molecular flexibility index (Phi) is 5.78. The molecule has 0 spiro atoms. The van der Waals surface area contributed by atoms with Crippen molar-refractivity contribution in [2.24, 2.45) is 40.4 Å². The van der Waals surface area contributed by atoms with Gasteiger partial charge in [-0.25, -0.2) is 0 Å². The Bertz CT molecular complexity index is 634. The van der Waals surface area contributed by atoms with Crippen LogP contribution in [0.25, 0.3) is 0 Å². The molecule has 4 rings (SSSR count). The summed E-state index contributed by atoms with van der Waals surface area (Å²) in [6.45, 7) is 11.8. The van der Waals surface area contributed by atoms with Crippen LogP contribution in [0.2, 0.25) is 0 Å². The highest BCUT2D eigenvalue weighted by atomic mass is 16.3. The van der Waals surface area contributed by atoms with E-state index >= 15 is 0 Å². The molecule has 0 saturated heterocycles. The third kappa shape index (κ3) is 3.65. The van der Waals surface area contributed by atoms with Crippen molar-refractivity contribution >= 4 is 0 Å². The third-order valence-corrected chi connectivity index (χ3v) is 10.3. The molecule has 0 aromatic rings. The minimum Gasteiger partial charge on any atom is -0.393 e. The fourth-order valence-electron chi connectivity index (χ4n) is 8.71. The highest BCUT2D eigenvalue weighted by molar-refractivity contribution is 5.25. The van der Waals surface area contributed by atoms with E-state index < -0.39 is 5.60 Å². The zero-order valence-corrected chi connectivity index (χ0v) is 19.7. The van der Waals surface area contributed by atoms with Gasteiger partial charge in [0.25, 0.3) is 0 Å². The van der Waals surface area contributed by atoms with Gasteiger partial charge in [0.05, 0.1) is 11.7 Å². The molecule has 3 fully saturated rings. The maximum absolute atomic E-state index is 11.6. The normalized spacial score (nSPS) is 46.5. The Morgan fingerprint density at radius 2 is 1.86 bits per heavy atom. The lowest BCUT2D eigenvalue weighted by molar-refractivity contribution is -0.105. The van der Waals surface area contributed by atoms with Crippen LogP contribution in [0.1, 0.15) is 105 Å². The summed E-state index contributed by atoms with van der Waals surface area (Å²) in [5.41, 5.74) is 1.68. The smallest absolute Gasteiger partial charge is 0.0653 e. The summed E-state index contributed by atoms with van der Waals surface area (Å²) in [7, 11) is 0. The summed E-state index contributed by atoms with van der Waals surface area (Å²) >= 11 is 0. The molecule has 0 amide bonds. The fourth-order valence-corrected chi connectivity index (χ4v) is 8.71. The van der Waals surface area contributed by atoms with Crippen LogP contribution in [-0.2, 0) is 0 Å². The van der Waals surface area contributed by atoms with Gasteiger partial charge >= 0.3 is 0 Å². The molecular weight excluding hydrogens is 356 g/mol. The summed E-state index contributed by atoms with van der Waals surface area (Å²) in [6.07, 6.45) is 15.2. The van der Waals surface area contributed by atoms with Gasteiger partial charge in [-0.3, -0.25) is 0 Å². The first-order valence-electron chi connectivity index (χ1n) is 12.7. The molecule has 8 atom stereocenters. The molecule has 5 unspecified atom stereocenters. The maximum atomic E-state index is 11.6. The SMILES string of the molecule is CC(C)CCCC(C)(O)C1CCC2C3CC=C4C[C@H](O)CC[C@]4(C)C3CC[C@@]21C. The molecule has 0 aliphatic heterocycles. The number of fused-ring (bicyclic) bond motifs is 5. The van der Waals surface area contributed by atoms with Gasteiger partial charge < -0.3 is 10.2 Å². The van der Waals surface area contributed by atoms with Gasteiger partial charge in [-0.1, -0.05) is 52.2 Å². The highest BCUT2D eigenvalue weighted by Gasteiger charge is 2.61. The molecule has 2 heteroatoms. The molecule has 2 nitrogen and oxygen atoms in total. The molecule has 4 aliphatic rings. The van der Waals surface area contributed by atoms with Crippen molar-refractivity contribution in [3.05, 3.63) is 11.6 Å². The van der Waals surface area contributed by atoms with E-state index in [2.05, 4.69) is 40.7 Å². The van der Waals surface area contributed by atoms with Crippen molar-refractivity contribution in [1.82, 2.24) is 0 Å². The second kappa shape index (κ2) is 7.66. The summed E-state index contributed by atoms with van der Waals surface area (Å²) in [4.78, 5) is 0. The average Bonchev–Trinajstić information content (AvgIpc) is 3.00. The van der Waals surface area contributed by atoms with Crippen LogP contribution in [0.3, 0.4) is 0 Å². The Morgan fingerprint density at radius 3 is 2.59 bits per heavy atom. The molecule has 0 radical (unpaired) electrons. The fraction of sp³-hybridized carbons (Fsp3) is 0.926. The largest absolute Gasteiger partial charge is 0.393 e. The topological polar surface area (TPSA) is 40.5 Å². The molecule has 0 aromatic heterocycles. The second-order valence-electron chi connectivity index (χ2n) is 12.5. The van der Waals surface area contributed by atoms with Gasteiger partial charge in [0.1, 0.15) is 0 Å². The van der Waals surface area contributed by atoms with Gasteiger partial charge in [-0.2, -0.15) is 0 Å². The van der Waals surface area contributed by atoms with Gasteiger partial charge in [-0.15, -0.1) is 0 Å². The Labute approximate surface area is 179 Å². The van der Waals surface area contributed by atoms with Gasteiger partial charge in [0.15, 0.2) is 0 Å². The minimum absolute atomic E-state index is 0.114. The van der Waals surface area contributed by atoms with Crippen LogP contribution in [0.15, 0.2) is 11.6 Å². The van der Waals surface area contributed by atoms with E-state index in [1.165, 1.54) is 44.9 Å². The zero-order valence-electron chi connectivity index (χ0n) is 19.7. The molecular formula is C27H46O2. The second-order valence-corrected chi connectivity index (χ2v) is 12.5.